The highest BCUT2D eigenvalue weighted by Gasteiger charge is 2.44. The third kappa shape index (κ3) is 1.77. The zero-order valence-corrected chi connectivity index (χ0v) is 8.27. The molecule has 1 aliphatic heterocycles. The van der Waals surface area contributed by atoms with Crippen LogP contribution in [0.5, 0.6) is 0 Å². The van der Waals surface area contributed by atoms with Crippen molar-refractivity contribution in [2.75, 3.05) is 6.54 Å². The Morgan fingerprint density at radius 2 is 2.15 bits per heavy atom. The molecule has 3 N–H and O–H groups in total. The maximum atomic E-state index is 11.5. The van der Waals surface area contributed by atoms with Crippen LogP contribution in [0.1, 0.15) is 13.8 Å². The van der Waals surface area contributed by atoms with E-state index in [2.05, 4.69) is 17.5 Å². The van der Waals surface area contributed by atoms with Gasteiger partial charge in [0.1, 0.15) is 5.54 Å². The number of urea groups is 1. The predicted octanol–water partition coefficient (Wildman–Crippen LogP) is -0.397. The second kappa shape index (κ2) is 2.95. The molecule has 3 amide bonds. The predicted molar refractivity (Wildman–Crippen MR) is 51.1 cm³/mol. The fourth-order valence-electron chi connectivity index (χ4n) is 1.12. The van der Waals surface area contributed by atoms with Crippen LogP contribution in [0.2, 0.25) is 0 Å². The van der Waals surface area contributed by atoms with Crippen LogP contribution < -0.4 is 11.1 Å². The van der Waals surface area contributed by atoms with Gasteiger partial charge in [0.25, 0.3) is 5.91 Å². The SMILES string of the molecule is CC1(C)NC(=O)N(CC(N)=S)C1=O. The molecule has 1 rings (SSSR count). The van der Waals surface area contributed by atoms with Crippen molar-refractivity contribution in [3.05, 3.63) is 0 Å². The minimum atomic E-state index is -0.845. The van der Waals surface area contributed by atoms with Gasteiger partial charge in [-0.2, -0.15) is 0 Å². The number of amides is 3. The maximum absolute atomic E-state index is 11.5. The fraction of sp³-hybridized carbons (Fsp3) is 0.571. The van der Waals surface area contributed by atoms with E-state index < -0.39 is 11.6 Å². The molecule has 5 nitrogen and oxygen atoms in total. The molecule has 0 unspecified atom stereocenters. The van der Waals surface area contributed by atoms with Crippen molar-refractivity contribution in [3.8, 4) is 0 Å². The normalized spacial score (nSPS) is 20.3. The molecule has 1 aliphatic rings. The quantitative estimate of drug-likeness (QED) is 0.471. The molecule has 1 saturated heterocycles. The van der Waals surface area contributed by atoms with Crippen molar-refractivity contribution in [2.45, 2.75) is 19.4 Å². The highest BCUT2D eigenvalue weighted by atomic mass is 32.1. The van der Waals surface area contributed by atoms with Crippen LogP contribution in [-0.2, 0) is 4.79 Å². The van der Waals surface area contributed by atoms with Crippen LogP contribution in [0.15, 0.2) is 0 Å². The molecule has 6 heteroatoms. The summed E-state index contributed by atoms with van der Waals surface area (Å²) in [5.41, 5.74) is 4.40. The number of imide groups is 1. The van der Waals surface area contributed by atoms with E-state index in [9.17, 15) is 9.59 Å². The Bertz CT molecular complexity index is 287. The van der Waals surface area contributed by atoms with Crippen molar-refractivity contribution in [3.63, 3.8) is 0 Å². The lowest BCUT2D eigenvalue weighted by Crippen LogP contribution is -2.41. The lowest BCUT2D eigenvalue weighted by Gasteiger charge is -2.14. The summed E-state index contributed by atoms with van der Waals surface area (Å²) >= 11 is 4.62. The summed E-state index contributed by atoms with van der Waals surface area (Å²) in [5.74, 6) is -0.301. The third-order valence-electron chi connectivity index (χ3n) is 1.76. The minimum absolute atomic E-state index is 0.00340. The van der Waals surface area contributed by atoms with Gasteiger partial charge in [0.05, 0.1) is 11.5 Å². The van der Waals surface area contributed by atoms with E-state index in [4.69, 9.17) is 5.73 Å². The number of rotatable bonds is 2. The van der Waals surface area contributed by atoms with E-state index in [0.29, 0.717) is 0 Å². The van der Waals surface area contributed by atoms with E-state index in [-0.39, 0.29) is 17.4 Å². The average Bonchev–Trinajstić information content (AvgIpc) is 2.12. The molecule has 1 heterocycles. The number of nitrogens with two attached hydrogens (primary N) is 1. The Labute approximate surface area is 81.3 Å². The van der Waals surface area contributed by atoms with E-state index in [1.54, 1.807) is 13.8 Å². The molecule has 0 spiro atoms. The number of nitrogens with zero attached hydrogens (tertiary/aromatic N) is 1. The molecular formula is C7H11N3O2S. The van der Waals surface area contributed by atoms with Crippen molar-refractivity contribution in [1.82, 2.24) is 10.2 Å². The lowest BCUT2D eigenvalue weighted by atomic mass is 10.1. The molecule has 0 aromatic carbocycles. The molecule has 72 valence electrons. The van der Waals surface area contributed by atoms with Gasteiger partial charge >= 0.3 is 6.03 Å². The zero-order valence-electron chi connectivity index (χ0n) is 7.46. The van der Waals surface area contributed by atoms with E-state index in [1.807, 2.05) is 0 Å². The van der Waals surface area contributed by atoms with Gasteiger partial charge in [0, 0.05) is 0 Å². The van der Waals surface area contributed by atoms with Crippen LogP contribution >= 0.6 is 12.2 Å². The Kier molecular flexibility index (Phi) is 2.25. The van der Waals surface area contributed by atoms with Crippen LogP contribution in [0.4, 0.5) is 4.79 Å². The standard InChI is InChI=1S/C7H11N3O2S/c1-7(2)5(11)10(3-4(8)13)6(12)9-7/h3H2,1-2H3,(H2,8,13)(H,9,12). The molecule has 0 aromatic rings. The van der Waals surface area contributed by atoms with Crippen LogP contribution in [-0.4, -0.2) is 33.9 Å². The third-order valence-corrected chi connectivity index (χ3v) is 1.89. The van der Waals surface area contributed by atoms with E-state index >= 15 is 0 Å². The number of carbonyl (C=O) groups excluding carboxylic acids is 2. The molecule has 0 saturated carbocycles. The van der Waals surface area contributed by atoms with Gasteiger partial charge < -0.3 is 11.1 Å². The zero-order chi connectivity index (χ0) is 10.2. The van der Waals surface area contributed by atoms with Crippen molar-refractivity contribution >= 4 is 29.1 Å². The van der Waals surface area contributed by atoms with Crippen LogP contribution in [0.3, 0.4) is 0 Å². The minimum Gasteiger partial charge on any atom is -0.392 e. The van der Waals surface area contributed by atoms with Gasteiger partial charge in [-0.25, -0.2) is 4.79 Å². The molecule has 0 aliphatic carbocycles. The van der Waals surface area contributed by atoms with Crippen molar-refractivity contribution in [1.29, 1.82) is 0 Å². The number of hydrogen-bond acceptors (Lipinski definition) is 3. The van der Waals surface area contributed by atoms with Crippen molar-refractivity contribution < 1.29 is 9.59 Å². The first-order valence-corrected chi connectivity index (χ1v) is 4.18. The van der Waals surface area contributed by atoms with Gasteiger partial charge in [-0.3, -0.25) is 9.69 Å². The summed E-state index contributed by atoms with van der Waals surface area (Å²) in [5, 5.41) is 2.52. The van der Waals surface area contributed by atoms with Gasteiger partial charge in [-0.1, -0.05) is 12.2 Å². The second-order valence-electron chi connectivity index (χ2n) is 3.41. The van der Waals surface area contributed by atoms with Gasteiger partial charge in [0.15, 0.2) is 0 Å². The van der Waals surface area contributed by atoms with Gasteiger partial charge in [0.2, 0.25) is 0 Å². The van der Waals surface area contributed by atoms with Gasteiger partial charge in [-0.15, -0.1) is 0 Å². The summed E-state index contributed by atoms with van der Waals surface area (Å²) in [6, 6.07) is -0.442. The van der Waals surface area contributed by atoms with Crippen LogP contribution in [0.25, 0.3) is 0 Å². The summed E-state index contributed by atoms with van der Waals surface area (Å²) in [6.45, 7) is 3.27. The van der Waals surface area contributed by atoms with Crippen LogP contribution in [0, 0.1) is 0 Å². The number of thiocarbonyl (C=S) groups is 1. The highest BCUT2D eigenvalue weighted by Crippen LogP contribution is 2.15. The molecule has 0 bridgehead atoms. The molecular weight excluding hydrogens is 190 g/mol. The first-order chi connectivity index (χ1) is 5.84. The van der Waals surface area contributed by atoms with Gasteiger partial charge in [-0.05, 0) is 13.8 Å². The Hall–Kier alpha value is -1.17. The molecule has 0 radical (unpaired) electrons. The Balaban J connectivity index is 2.83. The lowest BCUT2D eigenvalue weighted by molar-refractivity contribution is -0.129. The second-order valence-corrected chi connectivity index (χ2v) is 3.94. The number of hydrogen-bond donors (Lipinski definition) is 2. The smallest absolute Gasteiger partial charge is 0.325 e. The summed E-state index contributed by atoms with van der Waals surface area (Å²) < 4.78 is 0. The summed E-state index contributed by atoms with van der Waals surface area (Å²) in [4.78, 5) is 23.9. The monoisotopic (exact) mass is 201 g/mol. The first-order valence-electron chi connectivity index (χ1n) is 3.77. The average molecular weight is 201 g/mol. The first kappa shape index (κ1) is 9.91. The number of nitrogens with one attached hydrogen (secondary N) is 1. The molecule has 0 aromatic heterocycles. The maximum Gasteiger partial charge on any atom is 0.325 e. The molecule has 1 fully saturated rings. The molecule has 0 atom stereocenters. The Morgan fingerprint density at radius 1 is 1.62 bits per heavy atom. The van der Waals surface area contributed by atoms with E-state index in [0.717, 1.165) is 4.90 Å². The topological polar surface area (TPSA) is 75.4 Å². The largest absolute Gasteiger partial charge is 0.392 e. The fourth-order valence-corrected chi connectivity index (χ4v) is 1.25. The highest BCUT2D eigenvalue weighted by molar-refractivity contribution is 7.80. The Morgan fingerprint density at radius 3 is 2.46 bits per heavy atom. The molecule has 13 heavy (non-hydrogen) atoms. The summed E-state index contributed by atoms with van der Waals surface area (Å²) in [6.07, 6.45) is 0. The number of carbonyl (C=O) groups is 2. The van der Waals surface area contributed by atoms with E-state index in [1.165, 1.54) is 0 Å². The summed E-state index contributed by atoms with van der Waals surface area (Å²) in [7, 11) is 0. The van der Waals surface area contributed by atoms with Crippen molar-refractivity contribution in [2.24, 2.45) is 5.73 Å².